The Balaban J connectivity index is 1.38. The van der Waals surface area contributed by atoms with Gasteiger partial charge in [-0.05, 0) is 49.1 Å². The van der Waals surface area contributed by atoms with Crippen LogP contribution in [0.25, 0.3) is 0 Å². The van der Waals surface area contributed by atoms with Crippen LogP contribution in [0.15, 0.2) is 108 Å². The van der Waals surface area contributed by atoms with E-state index in [-0.39, 0.29) is 25.3 Å². The Kier molecular flexibility index (Phi) is 10.4. The Morgan fingerprint density at radius 2 is 1.63 bits per heavy atom. The molecule has 52 heavy (non-hydrogen) atoms. The molecule has 3 aromatic rings. The van der Waals surface area contributed by atoms with Crippen LogP contribution >= 0.6 is 27.5 Å². The maximum absolute atomic E-state index is 15.3. The summed E-state index contributed by atoms with van der Waals surface area (Å²) in [5.74, 6) is -4.21. The molecular formula is C40H39BrClN3O7. The van der Waals surface area contributed by atoms with Gasteiger partial charge >= 0.3 is 5.97 Å². The molecule has 2 fully saturated rings. The predicted octanol–water partition coefficient (Wildman–Crippen LogP) is 5.29. The zero-order chi connectivity index (χ0) is 36.6. The molecule has 8 atom stereocenters. The first-order valence-electron chi connectivity index (χ1n) is 17.4. The number of anilines is 1. The van der Waals surface area contributed by atoms with Crippen LogP contribution in [0.2, 0.25) is 5.02 Å². The third-order valence-corrected chi connectivity index (χ3v) is 11.4. The molecule has 270 valence electrons. The lowest BCUT2D eigenvalue weighted by atomic mass is 9.74. The number of aliphatic hydroxyl groups excluding tert-OH is 1. The molecule has 0 unspecified atom stereocenters. The summed E-state index contributed by atoms with van der Waals surface area (Å²) < 4.78 is 13.5. The summed E-state index contributed by atoms with van der Waals surface area (Å²) in [5, 5.41) is 14.2. The summed E-state index contributed by atoms with van der Waals surface area (Å²) in [5.41, 5.74) is 0.359. The number of cyclic esters (lactones) is 1. The van der Waals surface area contributed by atoms with Crippen LogP contribution in [0.5, 0.6) is 0 Å². The standard InChI is InChI=1S/C40H39BrClN3O7/c1-24-34(26-15-7-3-8-16-26)51-39(50)32-33-37(48)45(27(23-46)21-25-13-5-2-6-14-25)36(40(33)22-28(41)35(32)52-40)38(49)44(30-18-11-10-17-29(30)42)20-12-4-9-19-31(47)43-24/h2-8,10-18,22,24,27,32-36,46H,9,19-21,23H2,1H3,(H,43,47)/b12-4-/t24-,27-,32+,33-,34+,35+,36+,40-/m1/s1. The van der Waals surface area contributed by atoms with Crippen LogP contribution in [-0.4, -0.2) is 76.7 Å². The van der Waals surface area contributed by atoms with E-state index in [1.54, 1.807) is 43.3 Å². The number of carbonyl (C=O) groups excluding carboxylic acids is 4. The van der Waals surface area contributed by atoms with Crippen molar-refractivity contribution in [2.24, 2.45) is 11.8 Å². The normalized spacial score (nSPS) is 30.4. The van der Waals surface area contributed by atoms with Crippen molar-refractivity contribution in [1.82, 2.24) is 10.2 Å². The lowest BCUT2D eigenvalue weighted by Gasteiger charge is -2.39. The van der Waals surface area contributed by atoms with Crippen LogP contribution in [0, 0.1) is 11.8 Å². The number of fused-ring (bicyclic) bond motifs is 2. The van der Waals surface area contributed by atoms with Gasteiger partial charge in [0, 0.05) is 17.4 Å². The minimum absolute atomic E-state index is 0.0677. The molecule has 3 amide bonds. The van der Waals surface area contributed by atoms with Crippen LogP contribution in [0.3, 0.4) is 0 Å². The number of hydrogen-bond acceptors (Lipinski definition) is 7. The highest BCUT2D eigenvalue weighted by molar-refractivity contribution is 9.11. The number of amides is 3. The van der Waals surface area contributed by atoms with Crippen LogP contribution < -0.4 is 10.2 Å². The summed E-state index contributed by atoms with van der Waals surface area (Å²) in [6, 6.07) is 22.7. The van der Waals surface area contributed by atoms with Gasteiger partial charge in [-0.1, -0.05) is 112 Å². The molecule has 2 N–H and O–H groups in total. The van der Waals surface area contributed by atoms with Crippen molar-refractivity contribution < 1.29 is 33.8 Å². The Morgan fingerprint density at radius 3 is 2.35 bits per heavy atom. The molecule has 0 radical (unpaired) electrons. The summed E-state index contributed by atoms with van der Waals surface area (Å²) >= 11 is 10.3. The number of halogens is 2. The number of carbonyl (C=O) groups is 4. The van der Waals surface area contributed by atoms with E-state index in [2.05, 4.69) is 21.2 Å². The van der Waals surface area contributed by atoms with E-state index in [4.69, 9.17) is 21.1 Å². The number of nitrogens with one attached hydrogen (secondary N) is 1. The summed E-state index contributed by atoms with van der Waals surface area (Å²) in [6.07, 6.45) is 4.35. The second kappa shape index (κ2) is 15.0. The fraction of sp³-hybridized carbons (Fsp3) is 0.350. The molecule has 4 aliphatic rings. The van der Waals surface area contributed by atoms with E-state index in [1.165, 1.54) is 9.80 Å². The number of hydrogen-bond donors (Lipinski definition) is 2. The molecule has 10 nitrogen and oxygen atoms in total. The predicted molar refractivity (Wildman–Crippen MR) is 198 cm³/mol. The number of aliphatic hydroxyl groups is 1. The zero-order valence-electron chi connectivity index (χ0n) is 28.4. The molecule has 0 aromatic heterocycles. The highest BCUT2D eigenvalue weighted by Gasteiger charge is 2.75. The molecule has 5 bridgehead atoms. The van der Waals surface area contributed by atoms with Gasteiger partial charge in [-0.2, -0.15) is 0 Å². The number of rotatable bonds is 6. The smallest absolute Gasteiger partial charge is 0.313 e. The second-order valence-corrected chi connectivity index (χ2v) is 15.0. The van der Waals surface area contributed by atoms with Gasteiger partial charge in [0.15, 0.2) is 0 Å². The molecule has 3 aromatic carbocycles. The second-order valence-electron chi connectivity index (χ2n) is 13.6. The summed E-state index contributed by atoms with van der Waals surface area (Å²) in [4.78, 5) is 60.8. The van der Waals surface area contributed by atoms with E-state index in [9.17, 15) is 19.5 Å². The van der Waals surface area contributed by atoms with Crippen molar-refractivity contribution >= 4 is 56.9 Å². The number of esters is 1. The molecule has 7 rings (SSSR count). The van der Waals surface area contributed by atoms with Gasteiger partial charge in [0.25, 0.3) is 5.91 Å². The maximum Gasteiger partial charge on any atom is 0.313 e. The maximum atomic E-state index is 15.3. The van der Waals surface area contributed by atoms with Crippen molar-refractivity contribution in [2.45, 2.75) is 62.1 Å². The van der Waals surface area contributed by atoms with Crippen molar-refractivity contribution in [3.8, 4) is 0 Å². The Morgan fingerprint density at radius 1 is 0.942 bits per heavy atom. The van der Waals surface area contributed by atoms with Crippen LogP contribution in [-0.2, 0) is 35.1 Å². The van der Waals surface area contributed by atoms with Gasteiger partial charge in [0.05, 0.1) is 35.3 Å². The molecule has 12 heteroatoms. The number of allylic oxidation sites excluding steroid dienone is 1. The van der Waals surface area contributed by atoms with Crippen LogP contribution in [0.1, 0.15) is 37.0 Å². The lowest BCUT2D eigenvalue weighted by Crippen LogP contribution is -2.59. The largest absolute Gasteiger partial charge is 0.455 e. The van der Waals surface area contributed by atoms with Crippen molar-refractivity contribution in [3.63, 3.8) is 0 Å². The number of ether oxygens (including phenoxy) is 2. The third-order valence-electron chi connectivity index (χ3n) is 10.4. The van der Waals surface area contributed by atoms with E-state index in [0.717, 1.165) is 5.56 Å². The monoisotopic (exact) mass is 787 g/mol. The zero-order valence-corrected chi connectivity index (χ0v) is 30.8. The van der Waals surface area contributed by atoms with E-state index < -0.39 is 72.2 Å². The van der Waals surface area contributed by atoms with Gasteiger partial charge in [0.2, 0.25) is 11.8 Å². The molecule has 2 saturated heterocycles. The average molecular weight is 789 g/mol. The Hall–Kier alpha value is -4.29. The van der Waals surface area contributed by atoms with Gasteiger partial charge in [-0.15, -0.1) is 0 Å². The molecular weight excluding hydrogens is 750 g/mol. The highest BCUT2D eigenvalue weighted by Crippen LogP contribution is 2.59. The number of nitrogens with zero attached hydrogens (tertiary/aromatic N) is 2. The number of benzene rings is 3. The van der Waals surface area contributed by atoms with Gasteiger partial charge in [-0.25, -0.2) is 0 Å². The summed E-state index contributed by atoms with van der Waals surface area (Å²) in [6.45, 7) is 1.39. The fourth-order valence-corrected chi connectivity index (χ4v) is 9.05. The highest BCUT2D eigenvalue weighted by atomic mass is 79.9. The average Bonchev–Trinajstić information content (AvgIpc) is 3.74. The van der Waals surface area contributed by atoms with Crippen molar-refractivity contribution in [1.29, 1.82) is 0 Å². The van der Waals surface area contributed by atoms with Crippen molar-refractivity contribution in [3.05, 3.63) is 124 Å². The van der Waals surface area contributed by atoms with E-state index in [1.807, 2.05) is 66.7 Å². The SMILES string of the molecule is C[C@H]1NC(=O)CC/C=C\CN(c2ccccc2Cl)C(=O)[C@@H]2N([C@@H](CO)Cc3ccccc3)C(=O)[C@H]3[C@H](C(=O)O[C@@H]1c1ccccc1)[C@H]1O[C@@]23C=C1Br. The fourth-order valence-electron chi connectivity index (χ4n) is 8.08. The Labute approximate surface area is 315 Å². The number of likely N-dealkylation sites (tertiary alicyclic amines) is 1. The van der Waals surface area contributed by atoms with Crippen LogP contribution in [0.4, 0.5) is 5.69 Å². The molecule has 4 heterocycles. The van der Waals surface area contributed by atoms with E-state index >= 15 is 4.79 Å². The first-order valence-corrected chi connectivity index (χ1v) is 18.6. The van der Waals surface area contributed by atoms with E-state index in [0.29, 0.717) is 27.2 Å². The minimum Gasteiger partial charge on any atom is -0.455 e. The van der Waals surface area contributed by atoms with Crippen molar-refractivity contribution in [2.75, 3.05) is 18.1 Å². The quantitative estimate of drug-likeness (QED) is 0.257. The Bertz CT molecular complexity index is 1910. The lowest BCUT2D eigenvalue weighted by molar-refractivity contribution is -0.161. The molecule has 0 aliphatic carbocycles. The number of para-hydroxylation sites is 1. The minimum atomic E-state index is -1.58. The van der Waals surface area contributed by atoms with Gasteiger partial charge in [-0.3, -0.25) is 19.2 Å². The van der Waals surface area contributed by atoms with Gasteiger partial charge in [0.1, 0.15) is 29.8 Å². The molecule has 1 spiro atoms. The van der Waals surface area contributed by atoms with Gasteiger partial charge < -0.3 is 29.7 Å². The summed E-state index contributed by atoms with van der Waals surface area (Å²) in [7, 11) is 0. The topological polar surface area (TPSA) is 125 Å². The third kappa shape index (κ3) is 6.48. The first-order chi connectivity index (χ1) is 25.1. The molecule has 4 aliphatic heterocycles. The first kappa shape index (κ1) is 36.1. The molecule has 0 saturated carbocycles.